The Morgan fingerprint density at radius 1 is 1.58 bits per heavy atom. The van der Waals surface area contributed by atoms with Crippen LogP contribution in [0.15, 0.2) is 6.20 Å². The molecule has 1 aromatic rings. The minimum atomic E-state index is -0.776. The third kappa shape index (κ3) is 2.45. The molecule has 2 heterocycles. The zero-order valence-corrected chi connectivity index (χ0v) is 10.4. The molecule has 1 unspecified atom stereocenters. The first-order chi connectivity index (χ1) is 8.90. The highest BCUT2D eigenvalue weighted by molar-refractivity contribution is 6.28. The van der Waals surface area contributed by atoms with Crippen molar-refractivity contribution < 1.29 is 14.5 Å². The summed E-state index contributed by atoms with van der Waals surface area (Å²) < 4.78 is 0. The lowest BCUT2D eigenvalue weighted by molar-refractivity contribution is -0.384. The number of rotatable bonds is 2. The Morgan fingerprint density at radius 3 is 2.89 bits per heavy atom. The average molecular weight is 286 g/mol. The first-order valence-electron chi connectivity index (χ1n) is 5.17. The zero-order chi connectivity index (χ0) is 14.2. The van der Waals surface area contributed by atoms with Gasteiger partial charge in [0, 0.05) is 0 Å². The molecule has 1 aliphatic heterocycles. The Morgan fingerprint density at radius 2 is 2.26 bits per heavy atom. The number of nitrogens with zero attached hydrogens (tertiary/aromatic N) is 4. The highest BCUT2D eigenvalue weighted by Gasteiger charge is 2.35. The lowest BCUT2D eigenvalue weighted by atomic mass is 10.2. The van der Waals surface area contributed by atoms with E-state index in [4.69, 9.17) is 11.6 Å². The van der Waals surface area contributed by atoms with Crippen molar-refractivity contribution in [1.29, 1.82) is 0 Å². The molecule has 0 aromatic carbocycles. The maximum absolute atomic E-state index is 11.5. The number of nitro groups is 1. The maximum atomic E-state index is 11.5. The van der Waals surface area contributed by atoms with Gasteiger partial charge >= 0.3 is 5.69 Å². The van der Waals surface area contributed by atoms with Crippen molar-refractivity contribution in [3.63, 3.8) is 0 Å². The average Bonchev–Trinajstić information content (AvgIpc) is 2.33. The number of amides is 2. The van der Waals surface area contributed by atoms with Crippen LogP contribution in [-0.4, -0.2) is 39.3 Å². The van der Waals surface area contributed by atoms with E-state index < -0.39 is 28.5 Å². The summed E-state index contributed by atoms with van der Waals surface area (Å²) in [7, 11) is 0. The molecule has 2 rings (SSSR count). The summed E-state index contributed by atoms with van der Waals surface area (Å²) in [5.74, 6) is -1.27. The number of anilines is 1. The third-order valence-electron chi connectivity index (χ3n) is 2.61. The number of carbonyl (C=O) groups excluding carboxylic acids is 2. The van der Waals surface area contributed by atoms with E-state index >= 15 is 0 Å². The van der Waals surface area contributed by atoms with Crippen LogP contribution < -0.4 is 10.2 Å². The van der Waals surface area contributed by atoms with Crippen LogP contribution in [0, 0.1) is 10.1 Å². The Hall–Kier alpha value is -2.29. The van der Waals surface area contributed by atoms with Crippen LogP contribution in [0.2, 0.25) is 5.28 Å². The number of hydrogen-bond donors (Lipinski definition) is 1. The molecule has 1 N–H and O–H groups in total. The fourth-order valence-corrected chi connectivity index (χ4v) is 1.79. The number of carbonyl (C=O) groups is 2. The van der Waals surface area contributed by atoms with Gasteiger partial charge in [0.25, 0.3) is 0 Å². The lowest BCUT2D eigenvalue weighted by Gasteiger charge is -2.31. The smallest absolute Gasteiger partial charge is 0.329 e. The van der Waals surface area contributed by atoms with Gasteiger partial charge < -0.3 is 4.90 Å². The molecule has 0 saturated carbocycles. The van der Waals surface area contributed by atoms with Crippen molar-refractivity contribution in [2.24, 2.45) is 0 Å². The van der Waals surface area contributed by atoms with E-state index in [1.54, 1.807) is 0 Å². The van der Waals surface area contributed by atoms with Crippen LogP contribution in [0.3, 0.4) is 0 Å². The molecule has 100 valence electrons. The number of imide groups is 1. The molecular formula is C9H8ClN5O4. The van der Waals surface area contributed by atoms with Gasteiger partial charge in [0.2, 0.25) is 22.9 Å². The Balaban J connectivity index is 2.50. The van der Waals surface area contributed by atoms with Crippen LogP contribution in [-0.2, 0) is 9.59 Å². The first-order valence-corrected chi connectivity index (χ1v) is 5.55. The second kappa shape index (κ2) is 4.76. The number of halogens is 1. The molecule has 9 nitrogen and oxygen atoms in total. The SMILES string of the molecule is CC1C(=O)NC(=O)CN1c1nc(Cl)ncc1[N+](=O)[O-]. The zero-order valence-electron chi connectivity index (χ0n) is 9.66. The summed E-state index contributed by atoms with van der Waals surface area (Å²) in [5.41, 5.74) is -0.418. The molecule has 10 heteroatoms. The molecule has 1 fully saturated rings. The van der Waals surface area contributed by atoms with Gasteiger partial charge in [-0.3, -0.25) is 25.0 Å². The molecule has 1 atom stereocenters. The molecular weight excluding hydrogens is 278 g/mol. The molecule has 1 aliphatic rings. The predicted octanol–water partition coefficient (Wildman–Crippen LogP) is -0.110. The van der Waals surface area contributed by atoms with Crippen molar-refractivity contribution in [1.82, 2.24) is 15.3 Å². The van der Waals surface area contributed by atoms with Gasteiger partial charge in [-0.05, 0) is 18.5 Å². The number of nitrogens with one attached hydrogen (secondary N) is 1. The summed E-state index contributed by atoms with van der Waals surface area (Å²) >= 11 is 5.60. The summed E-state index contributed by atoms with van der Waals surface area (Å²) in [6.07, 6.45) is 0.939. The molecule has 0 radical (unpaired) electrons. The summed E-state index contributed by atoms with van der Waals surface area (Å²) in [5, 5.41) is 12.8. The minimum Gasteiger partial charge on any atom is -0.330 e. The normalized spacial score (nSPS) is 19.3. The van der Waals surface area contributed by atoms with Crippen molar-refractivity contribution >= 4 is 34.9 Å². The lowest BCUT2D eigenvalue weighted by Crippen LogP contribution is -2.57. The largest absolute Gasteiger partial charge is 0.330 e. The minimum absolute atomic E-state index is 0.152. The van der Waals surface area contributed by atoms with Gasteiger partial charge in [0.1, 0.15) is 12.2 Å². The quantitative estimate of drug-likeness (QED) is 0.348. The van der Waals surface area contributed by atoms with Crippen molar-refractivity contribution in [2.75, 3.05) is 11.4 Å². The van der Waals surface area contributed by atoms with E-state index in [9.17, 15) is 19.7 Å². The monoisotopic (exact) mass is 285 g/mol. The fourth-order valence-electron chi connectivity index (χ4n) is 1.66. The van der Waals surface area contributed by atoms with Crippen LogP contribution >= 0.6 is 11.6 Å². The Kier molecular flexibility index (Phi) is 3.30. The number of piperazine rings is 1. The molecule has 19 heavy (non-hydrogen) atoms. The van der Waals surface area contributed by atoms with Crippen molar-refractivity contribution in [3.8, 4) is 0 Å². The maximum Gasteiger partial charge on any atom is 0.329 e. The van der Waals surface area contributed by atoms with E-state index in [-0.39, 0.29) is 17.6 Å². The summed E-state index contributed by atoms with van der Waals surface area (Å²) in [6, 6.07) is -0.776. The van der Waals surface area contributed by atoms with Crippen LogP contribution in [0.25, 0.3) is 0 Å². The highest BCUT2D eigenvalue weighted by Crippen LogP contribution is 2.28. The molecule has 0 bridgehead atoms. The second-order valence-corrected chi connectivity index (χ2v) is 4.16. The van der Waals surface area contributed by atoms with E-state index in [0.29, 0.717) is 0 Å². The van der Waals surface area contributed by atoms with E-state index in [2.05, 4.69) is 15.3 Å². The van der Waals surface area contributed by atoms with Gasteiger partial charge in [0.15, 0.2) is 0 Å². The van der Waals surface area contributed by atoms with Gasteiger partial charge in [-0.25, -0.2) is 4.98 Å². The number of aromatic nitrogens is 2. The van der Waals surface area contributed by atoms with Crippen LogP contribution in [0.1, 0.15) is 6.92 Å². The van der Waals surface area contributed by atoms with Gasteiger partial charge in [-0.15, -0.1) is 0 Å². The van der Waals surface area contributed by atoms with Gasteiger partial charge in [-0.2, -0.15) is 4.98 Å². The summed E-state index contributed by atoms with van der Waals surface area (Å²) in [6.45, 7) is 1.28. The topological polar surface area (TPSA) is 118 Å². The highest BCUT2D eigenvalue weighted by atomic mass is 35.5. The first kappa shape index (κ1) is 13.1. The molecule has 1 aromatic heterocycles. The molecule has 0 aliphatic carbocycles. The summed E-state index contributed by atoms with van der Waals surface area (Å²) in [4.78, 5) is 41.6. The molecule has 0 spiro atoms. The van der Waals surface area contributed by atoms with Crippen LogP contribution in [0.4, 0.5) is 11.5 Å². The van der Waals surface area contributed by atoms with E-state index in [1.807, 2.05) is 0 Å². The predicted molar refractivity (Wildman–Crippen MR) is 63.7 cm³/mol. The van der Waals surface area contributed by atoms with Gasteiger partial charge in [0.05, 0.1) is 11.5 Å². The van der Waals surface area contributed by atoms with Crippen LogP contribution in [0.5, 0.6) is 0 Å². The van der Waals surface area contributed by atoms with E-state index in [0.717, 1.165) is 6.20 Å². The Bertz CT molecular complexity index is 578. The second-order valence-electron chi connectivity index (χ2n) is 3.82. The number of hydrogen-bond acceptors (Lipinski definition) is 7. The van der Waals surface area contributed by atoms with Gasteiger partial charge in [-0.1, -0.05) is 0 Å². The van der Waals surface area contributed by atoms with E-state index in [1.165, 1.54) is 11.8 Å². The van der Waals surface area contributed by atoms with Crippen molar-refractivity contribution in [2.45, 2.75) is 13.0 Å². The molecule has 1 saturated heterocycles. The standard InChI is InChI=1S/C9H8ClN5O4/c1-4-8(17)12-6(16)3-14(4)7-5(15(18)19)2-11-9(10)13-7/h2,4H,3H2,1H3,(H,12,16,17). The Labute approximate surface area is 111 Å². The molecule has 2 amide bonds. The third-order valence-corrected chi connectivity index (χ3v) is 2.80. The fraction of sp³-hybridized carbons (Fsp3) is 0.333. The van der Waals surface area contributed by atoms with Crippen molar-refractivity contribution in [3.05, 3.63) is 21.6 Å².